The molecule has 0 amide bonds. The van der Waals surface area contributed by atoms with Crippen molar-refractivity contribution in [3.05, 3.63) is 70.7 Å². The number of rotatable bonds is 4. The second-order valence-electron chi connectivity index (χ2n) is 3.85. The summed E-state index contributed by atoms with van der Waals surface area (Å²) in [4.78, 5) is 0. The van der Waals surface area contributed by atoms with Crippen LogP contribution in [0.25, 0.3) is 5.57 Å². The highest BCUT2D eigenvalue weighted by molar-refractivity contribution is 6.30. The molecule has 0 aliphatic heterocycles. The first kappa shape index (κ1) is 13.0. The Kier molecular flexibility index (Phi) is 4.29. The Bertz CT molecular complexity index is 529. The lowest BCUT2D eigenvalue weighted by molar-refractivity contribution is 0.370. The van der Waals surface area contributed by atoms with Crippen molar-refractivity contribution >= 4 is 28.8 Å². The van der Waals surface area contributed by atoms with E-state index in [1.807, 2.05) is 36.4 Å². The van der Waals surface area contributed by atoms with Crippen molar-refractivity contribution in [2.75, 3.05) is 6.61 Å². The zero-order valence-corrected chi connectivity index (χ0v) is 11.2. The van der Waals surface area contributed by atoms with Crippen molar-refractivity contribution in [2.24, 2.45) is 0 Å². The van der Waals surface area contributed by atoms with Crippen LogP contribution in [0.5, 0.6) is 5.75 Å². The van der Waals surface area contributed by atoms with Crippen molar-refractivity contribution in [1.29, 1.82) is 0 Å². The van der Waals surface area contributed by atoms with Crippen molar-refractivity contribution in [3.63, 3.8) is 0 Å². The minimum absolute atomic E-state index is 0.434. The molecule has 2 aromatic rings. The molecule has 0 aliphatic carbocycles. The highest BCUT2D eigenvalue weighted by Crippen LogP contribution is 2.19. The third-order valence-electron chi connectivity index (χ3n) is 2.48. The molecule has 0 N–H and O–H groups in total. The van der Waals surface area contributed by atoms with E-state index in [4.69, 9.17) is 27.9 Å². The predicted molar refractivity (Wildman–Crippen MR) is 77.4 cm³/mol. The van der Waals surface area contributed by atoms with Gasteiger partial charge in [0.05, 0.1) is 0 Å². The van der Waals surface area contributed by atoms with Crippen LogP contribution >= 0.6 is 23.2 Å². The van der Waals surface area contributed by atoms with E-state index >= 15 is 0 Å². The van der Waals surface area contributed by atoms with Gasteiger partial charge in [-0.25, -0.2) is 0 Å². The second-order valence-corrected chi connectivity index (χ2v) is 4.73. The first-order valence-corrected chi connectivity index (χ1v) is 6.23. The van der Waals surface area contributed by atoms with Gasteiger partial charge in [0.2, 0.25) is 0 Å². The summed E-state index contributed by atoms with van der Waals surface area (Å²) in [7, 11) is 0. The van der Waals surface area contributed by atoms with Crippen LogP contribution in [0, 0.1) is 0 Å². The molecule has 2 rings (SSSR count). The largest absolute Gasteiger partial charge is 0.489 e. The van der Waals surface area contributed by atoms with Crippen LogP contribution < -0.4 is 4.74 Å². The molecule has 0 bridgehead atoms. The average molecular weight is 279 g/mol. The Labute approximate surface area is 117 Å². The molecule has 2 aromatic carbocycles. The third kappa shape index (κ3) is 3.52. The predicted octanol–water partition coefficient (Wildman–Crippen LogP) is 5.09. The molecule has 3 heteroatoms. The van der Waals surface area contributed by atoms with E-state index in [1.165, 1.54) is 0 Å². The Balaban J connectivity index is 1.96. The molecular formula is C15H12Cl2O. The Morgan fingerprint density at radius 3 is 1.94 bits per heavy atom. The summed E-state index contributed by atoms with van der Waals surface area (Å²) < 4.78 is 5.62. The highest BCUT2D eigenvalue weighted by Gasteiger charge is 2.00. The molecule has 0 fully saturated rings. The number of benzene rings is 2. The average Bonchev–Trinajstić information content (AvgIpc) is 2.38. The van der Waals surface area contributed by atoms with Gasteiger partial charge in [-0.15, -0.1) is 0 Å². The van der Waals surface area contributed by atoms with Crippen LogP contribution in [0.15, 0.2) is 55.1 Å². The van der Waals surface area contributed by atoms with Gasteiger partial charge in [0.1, 0.15) is 12.4 Å². The van der Waals surface area contributed by atoms with Gasteiger partial charge in [-0.1, -0.05) is 41.9 Å². The summed E-state index contributed by atoms with van der Waals surface area (Å²) >= 11 is 11.6. The SMILES string of the molecule is C=C(COc1ccc(Cl)cc1)c1ccc(Cl)cc1. The van der Waals surface area contributed by atoms with Crippen molar-refractivity contribution in [2.45, 2.75) is 0 Å². The molecule has 18 heavy (non-hydrogen) atoms. The number of hydrogen-bond donors (Lipinski definition) is 0. The zero-order valence-electron chi connectivity index (χ0n) is 9.70. The molecule has 92 valence electrons. The van der Waals surface area contributed by atoms with Crippen LogP contribution in [-0.2, 0) is 0 Å². The van der Waals surface area contributed by atoms with Crippen molar-refractivity contribution < 1.29 is 4.74 Å². The Hall–Kier alpha value is -1.44. The van der Waals surface area contributed by atoms with Gasteiger partial charge in [-0.2, -0.15) is 0 Å². The van der Waals surface area contributed by atoms with Gasteiger partial charge in [-0.05, 0) is 47.5 Å². The third-order valence-corrected chi connectivity index (χ3v) is 2.98. The maximum absolute atomic E-state index is 5.83. The second kappa shape index (κ2) is 5.94. The van der Waals surface area contributed by atoms with Gasteiger partial charge in [0.15, 0.2) is 0 Å². The molecule has 0 spiro atoms. The van der Waals surface area contributed by atoms with E-state index < -0.39 is 0 Å². The van der Waals surface area contributed by atoms with Crippen molar-refractivity contribution in [3.8, 4) is 5.75 Å². The van der Waals surface area contributed by atoms with Crippen LogP contribution in [0.4, 0.5) is 0 Å². The molecule has 0 atom stereocenters. The first-order chi connectivity index (χ1) is 8.65. The molecule has 0 saturated heterocycles. The van der Waals surface area contributed by atoms with E-state index in [0.29, 0.717) is 16.7 Å². The number of hydrogen-bond acceptors (Lipinski definition) is 1. The van der Waals surface area contributed by atoms with Gasteiger partial charge < -0.3 is 4.74 Å². The zero-order chi connectivity index (χ0) is 13.0. The standard InChI is InChI=1S/C15H12Cl2O/c1-11(12-2-4-13(16)5-3-12)10-18-15-8-6-14(17)7-9-15/h2-9H,1,10H2. The number of halogens is 2. The van der Waals surface area contributed by atoms with E-state index in [1.54, 1.807) is 12.1 Å². The molecule has 0 aliphatic rings. The van der Waals surface area contributed by atoms with Gasteiger partial charge in [0, 0.05) is 10.0 Å². The lowest BCUT2D eigenvalue weighted by Crippen LogP contribution is -1.99. The maximum Gasteiger partial charge on any atom is 0.119 e. The van der Waals surface area contributed by atoms with Gasteiger partial charge in [0.25, 0.3) is 0 Å². The summed E-state index contributed by atoms with van der Waals surface area (Å²) in [6.07, 6.45) is 0. The lowest BCUT2D eigenvalue weighted by atomic mass is 10.1. The van der Waals surface area contributed by atoms with Crippen LogP contribution in [0.3, 0.4) is 0 Å². The minimum atomic E-state index is 0.434. The molecule has 0 heterocycles. The summed E-state index contributed by atoms with van der Waals surface area (Å²) in [5.74, 6) is 0.773. The monoisotopic (exact) mass is 278 g/mol. The molecule has 0 aromatic heterocycles. The van der Waals surface area contributed by atoms with Crippen molar-refractivity contribution in [1.82, 2.24) is 0 Å². The topological polar surface area (TPSA) is 9.23 Å². The van der Waals surface area contributed by atoms with E-state index in [-0.39, 0.29) is 0 Å². The van der Waals surface area contributed by atoms with Gasteiger partial charge in [-0.3, -0.25) is 0 Å². The molecule has 1 nitrogen and oxygen atoms in total. The van der Waals surface area contributed by atoms with E-state index in [9.17, 15) is 0 Å². The number of ether oxygens (including phenoxy) is 1. The highest BCUT2D eigenvalue weighted by atomic mass is 35.5. The van der Waals surface area contributed by atoms with E-state index in [2.05, 4.69) is 6.58 Å². The van der Waals surface area contributed by atoms with E-state index in [0.717, 1.165) is 16.9 Å². The molecule has 0 radical (unpaired) electrons. The molecule has 0 unspecified atom stereocenters. The lowest BCUT2D eigenvalue weighted by Gasteiger charge is -2.09. The summed E-state index contributed by atoms with van der Waals surface area (Å²) in [6, 6.07) is 14.8. The minimum Gasteiger partial charge on any atom is -0.489 e. The van der Waals surface area contributed by atoms with Gasteiger partial charge >= 0.3 is 0 Å². The first-order valence-electron chi connectivity index (χ1n) is 5.47. The molecular weight excluding hydrogens is 267 g/mol. The maximum atomic E-state index is 5.83. The fraction of sp³-hybridized carbons (Fsp3) is 0.0667. The van der Waals surface area contributed by atoms with Crippen LogP contribution in [0.1, 0.15) is 5.56 Å². The summed E-state index contributed by atoms with van der Waals surface area (Å²) in [6.45, 7) is 4.43. The quantitative estimate of drug-likeness (QED) is 0.757. The van der Waals surface area contributed by atoms with Crippen LogP contribution in [0.2, 0.25) is 10.0 Å². The summed E-state index contributed by atoms with van der Waals surface area (Å²) in [5.41, 5.74) is 1.93. The van der Waals surface area contributed by atoms with Crippen LogP contribution in [-0.4, -0.2) is 6.61 Å². The molecule has 0 saturated carbocycles. The smallest absolute Gasteiger partial charge is 0.119 e. The fourth-order valence-corrected chi connectivity index (χ4v) is 1.72. The Morgan fingerprint density at radius 2 is 1.39 bits per heavy atom. The Morgan fingerprint density at radius 1 is 0.889 bits per heavy atom. The fourth-order valence-electron chi connectivity index (χ4n) is 1.47. The summed E-state index contributed by atoms with van der Waals surface area (Å²) in [5, 5.41) is 1.41. The normalized spacial score (nSPS) is 10.1.